The molecular formula is C12H16FNO6S. The average Bonchev–Trinajstić information content (AvgIpc) is 2.35. The van der Waals surface area contributed by atoms with E-state index in [2.05, 4.69) is 4.74 Å². The van der Waals surface area contributed by atoms with E-state index in [-0.39, 0.29) is 10.6 Å². The summed E-state index contributed by atoms with van der Waals surface area (Å²) in [4.78, 5) is 10.2. The Hall–Kier alpha value is -1.71. The van der Waals surface area contributed by atoms with Crippen LogP contribution in [0, 0.1) is 5.82 Å². The first-order chi connectivity index (χ1) is 9.57. The summed E-state index contributed by atoms with van der Waals surface area (Å²) in [6.45, 7) is 0.660. The third kappa shape index (κ3) is 4.96. The minimum atomic E-state index is -4.08. The van der Waals surface area contributed by atoms with E-state index in [4.69, 9.17) is 5.11 Å². The summed E-state index contributed by atoms with van der Waals surface area (Å²) in [5, 5.41) is 18.3. The maximum absolute atomic E-state index is 13.5. The lowest BCUT2D eigenvalue weighted by Gasteiger charge is -2.21. The Kier molecular flexibility index (Phi) is 5.26. The Morgan fingerprint density at radius 3 is 2.57 bits per heavy atom. The van der Waals surface area contributed by atoms with Crippen molar-refractivity contribution in [3.63, 3.8) is 0 Å². The highest BCUT2D eigenvalue weighted by atomic mass is 32.2. The first-order valence-corrected chi connectivity index (χ1v) is 7.33. The number of benzene rings is 1. The van der Waals surface area contributed by atoms with Crippen molar-refractivity contribution < 1.29 is 32.6 Å². The Morgan fingerprint density at radius 2 is 2.10 bits per heavy atom. The minimum absolute atomic E-state index is 0.105. The van der Waals surface area contributed by atoms with E-state index in [9.17, 15) is 22.7 Å². The summed E-state index contributed by atoms with van der Waals surface area (Å²) < 4.78 is 44.1. The van der Waals surface area contributed by atoms with E-state index in [1.807, 2.05) is 4.72 Å². The summed E-state index contributed by atoms with van der Waals surface area (Å²) >= 11 is 0. The molecule has 0 radical (unpaired) electrons. The Balaban J connectivity index is 2.87. The lowest BCUT2D eigenvalue weighted by molar-refractivity contribution is -0.141. The Labute approximate surface area is 121 Å². The van der Waals surface area contributed by atoms with Gasteiger partial charge < -0.3 is 14.9 Å². The van der Waals surface area contributed by atoms with Crippen LogP contribution in [-0.2, 0) is 14.8 Å². The van der Waals surface area contributed by atoms with E-state index < -0.39 is 40.4 Å². The molecule has 21 heavy (non-hydrogen) atoms. The van der Waals surface area contributed by atoms with Crippen LogP contribution in [0.5, 0.6) is 5.75 Å². The summed E-state index contributed by atoms with van der Waals surface area (Å²) in [6, 6.07) is 3.06. The molecule has 118 valence electrons. The van der Waals surface area contributed by atoms with Crippen molar-refractivity contribution in [1.29, 1.82) is 0 Å². The van der Waals surface area contributed by atoms with Gasteiger partial charge >= 0.3 is 5.97 Å². The lowest BCUT2D eigenvalue weighted by Crippen LogP contribution is -2.42. The maximum atomic E-state index is 13.5. The molecule has 7 nitrogen and oxygen atoms in total. The zero-order valence-electron chi connectivity index (χ0n) is 11.5. The third-order valence-electron chi connectivity index (χ3n) is 2.61. The molecule has 0 aliphatic carbocycles. The molecule has 1 aromatic rings. The summed E-state index contributed by atoms with van der Waals surface area (Å²) in [5.74, 6) is -2.22. The molecule has 0 saturated carbocycles. The van der Waals surface area contributed by atoms with Gasteiger partial charge in [-0.3, -0.25) is 4.79 Å². The molecule has 1 rings (SSSR count). The first-order valence-electron chi connectivity index (χ1n) is 5.85. The van der Waals surface area contributed by atoms with Crippen molar-refractivity contribution in [3.05, 3.63) is 24.0 Å². The molecule has 0 aromatic heterocycles. The second kappa shape index (κ2) is 6.37. The van der Waals surface area contributed by atoms with E-state index in [0.717, 1.165) is 18.2 Å². The SMILES string of the molecule is COc1ccc(S(=O)(=O)NCC(C)(O)CC(=O)O)cc1F. The van der Waals surface area contributed by atoms with Crippen LogP contribution < -0.4 is 9.46 Å². The standard InChI is InChI=1S/C12H16FNO6S/c1-12(17,6-11(15)16)7-14-21(18,19)8-3-4-10(20-2)9(13)5-8/h3-5,14,17H,6-7H2,1-2H3,(H,15,16). The van der Waals surface area contributed by atoms with Gasteiger partial charge in [-0.2, -0.15) is 0 Å². The third-order valence-corrected chi connectivity index (χ3v) is 4.01. The molecular weight excluding hydrogens is 305 g/mol. The fourth-order valence-electron chi connectivity index (χ4n) is 1.54. The number of carboxylic acid groups (broad SMARTS) is 1. The van der Waals surface area contributed by atoms with Crippen LogP contribution in [0.2, 0.25) is 0 Å². The quantitative estimate of drug-likeness (QED) is 0.667. The van der Waals surface area contributed by atoms with Gasteiger partial charge in [0.2, 0.25) is 10.0 Å². The van der Waals surface area contributed by atoms with Crippen molar-refractivity contribution in [2.45, 2.75) is 23.8 Å². The number of aliphatic hydroxyl groups is 1. The zero-order valence-corrected chi connectivity index (χ0v) is 12.3. The highest BCUT2D eigenvalue weighted by Gasteiger charge is 2.27. The lowest BCUT2D eigenvalue weighted by atomic mass is 10.0. The average molecular weight is 321 g/mol. The second-order valence-corrected chi connectivity index (χ2v) is 6.46. The predicted molar refractivity (Wildman–Crippen MR) is 71.0 cm³/mol. The number of carbonyl (C=O) groups is 1. The molecule has 0 bridgehead atoms. The van der Waals surface area contributed by atoms with Crippen molar-refractivity contribution in [1.82, 2.24) is 4.72 Å². The fourth-order valence-corrected chi connectivity index (χ4v) is 2.71. The molecule has 9 heteroatoms. The molecule has 3 N–H and O–H groups in total. The van der Waals surface area contributed by atoms with Crippen molar-refractivity contribution in [3.8, 4) is 5.75 Å². The van der Waals surface area contributed by atoms with Crippen molar-refractivity contribution >= 4 is 16.0 Å². The largest absolute Gasteiger partial charge is 0.494 e. The van der Waals surface area contributed by atoms with E-state index in [1.54, 1.807) is 0 Å². The van der Waals surface area contributed by atoms with Crippen LogP contribution in [0.4, 0.5) is 4.39 Å². The Bertz CT molecular complexity index is 629. The van der Waals surface area contributed by atoms with Gasteiger partial charge in [0.25, 0.3) is 0 Å². The van der Waals surface area contributed by atoms with Gasteiger partial charge in [0.1, 0.15) is 0 Å². The smallest absolute Gasteiger partial charge is 0.306 e. The number of nitrogens with one attached hydrogen (secondary N) is 1. The molecule has 0 aliphatic heterocycles. The van der Waals surface area contributed by atoms with E-state index >= 15 is 0 Å². The van der Waals surface area contributed by atoms with Crippen LogP contribution in [0.3, 0.4) is 0 Å². The topological polar surface area (TPSA) is 113 Å². The predicted octanol–water partition coefficient (Wildman–Crippen LogP) is 0.338. The monoisotopic (exact) mass is 321 g/mol. The normalized spacial score (nSPS) is 14.5. The minimum Gasteiger partial charge on any atom is -0.494 e. The second-order valence-electron chi connectivity index (χ2n) is 4.69. The molecule has 1 atom stereocenters. The number of aliphatic carboxylic acids is 1. The number of ether oxygens (including phenoxy) is 1. The van der Waals surface area contributed by atoms with Crippen LogP contribution >= 0.6 is 0 Å². The number of hydrogen-bond donors (Lipinski definition) is 3. The summed E-state index contributed by atoms with van der Waals surface area (Å²) in [5.41, 5.74) is -1.76. The zero-order chi connectivity index (χ0) is 16.3. The van der Waals surface area contributed by atoms with Gasteiger partial charge in [-0.1, -0.05) is 0 Å². The van der Waals surface area contributed by atoms with Gasteiger partial charge in [0.15, 0.2) is 11.6 Å². The number of halogens is 1. The van der Waals surface area contributed by atoms with Crippen LogP contribution in [0.15, 0.2) is 23.1 Å². The number of carboxylic acids is 1. The van der Waals surface area contributed by atoms with Gasteiger partial charge in [0.05, 0.1) is 24.0 Å². The first kappa shape index (κ1) is 17.3. The van der Waals surface area contributed by atoms with Gasteiger partial charge in [0, 0.05) is 6.54 Å². The van der Waals surface area contributed by atoms with Gasteiger partial charge in [-0.25, -0.2) is 17.5 Å². The molecule has 1 aromatic carbocycles. The highest BCUT2D eigenvalue weighted by Crippen LogP contribution is 2.20. The molecule has 0 heterocycles. The van der Waals surface area contributed by atoms with Crippen LogP contribution in [0.25, 0.3) is 0 Å². The fraction of sp³-hybridized carbons (Fsp3) is 0.417. The van der Waals surface area contributed by atoms with Crippen molar-refractivity contribution in [2.24, 2.45) is 0 Å². The Morgan fingerprint density at radius 1 is 1.48 bits per heavy atom. The van der Waals surface area contributed by atoms with Gasteiger partial charge in [-0.15, -0.1) is 0 Å². The number of sulfonamides is 1. The molecule has 0 aliphatic rings. The highest BCUT2D eigenvalue weighted by molar-refractivity contribution is 7.89. The number of methoxy groups -OCH3 is 1. The molecule has 0 saturated heterocycles. The molecule has 0 fully saturated rings. The maximum Gasteiger partial charge on any atom is 0.306 e. The molecule has 0 amide bonds. The number of hydrogen-bond acceptors (Lipinski definition) is 5. The van der Waals surface area contributed by atoms with Crippen LogP contribution in [0.1, 0.15) is 13.3 Å². The van der Waals surface area contributed by atoms with E-state index in [1.165, 1.54) is 14.0 Å². The summed E-state index contributed by atoms with van der Waals surface area (Å²) in [7, 11) is -2.83. The van der Waals surface area contributed by atoms with Crippen LogP contribution in [-0.4, -0.2) is 43.9 Å². The summed E-state index contributed by atoms with van der Waals surface area (Å²) in [6.07, 6.45) is -0.632. The van der Waals surface area contributed by atoms with Gasteiger partial charge in [-0.05, 0) is 25.1 Å². The molecule has 1 unspecified atom stereocenters. The molecule has 0 spiro atoms. The van der Waals surface area contributed by atoms with E-state index in [0.29, 0.717) is 0 Å². The van der Waals surface area contributed by atoms with Crippen molar-refractivity contribution in [2.75, 3.05) is 13.7 Å². The number of rotatable bonds is 7.